The Balaban J connectivity index is 1.46. The number of nitrogens with zero attached hydrogens (tertiary/aromatic N) is 3. The molecule has 1 aromatic carbocycles. The zero-order chi connectivity index (χ0) is 19.6. The Morgan fingerprint density at radius 2 is 1.79 bits per heavy atom. The number of nitrogens with one attached hydrogen (secondary N) is 2. The number of aliphatic imine (C=N–C) groups is 1. The summed E-state index contributed by atoms with van der Waals surface area (Å²) in [6.07, 6.45) is 4.45. The molecule has 0 spiro atoms. The molecule has 2 heterocycles. The molecule has 28 heavy (non-hydrogen) atoms. The Hall–Kier alpha value is -3.41. The minimum absolute atomic E-state index is 0.00817. The first-order valence-electron chi connectivity index (χ1n) is 9.32. The van der Waals surface area contributed by atoms with Gasteiger partial charge >= 0.3 is 0 Å². The first kappa shape index (κ1) is 19.4. The van der Waals surface area contributed by atoms with E-state index in [1.165, 1.54) is 0 Å². The fourth-order valence-corrected chi connectivity index (χ4v) is 2.81. The molecule has 6 heteroatoms. The average Bonchev–Trinajstić information content (AvgIpc) is 2.74. The Morgan fingerprint density at radius 3 is 2.50 bits per heavy atom. The predicted octanol–water partition coefficient (Wildman–Crippen LogP) is 2.20. The fraction of sp³-hybridized carbons (Fsp3) is 0.227. The maximum atomic E-state index is 11.8. The van der Waals surface area contributed by atoms with E-state index in [0.717, 1.165) is 35.7 Å². The zero-order valence-corrected chi connectivity index (χ0v) is 16.0. The highest BCUT2D eigenvalue weighted by atomic mass is 16.1. The van der Waals surface area contributed by atoms with Gasteiger partial charge in [-0.2, -0.15) is 0 Å². The van der Waals surface area contributed by atoms with Crippen molar-refractivity contribution in [2.75, 3.05) is 13.6 Å². The van der Waals surface area contributed by atoms with Gasteiger partial charge in [0.05, 0.1) is 6.54 Å². The number of guanidine groups is 1. The summed E-state index contributed by atoms with van der Waals surface area (Å²) in [7, 11) is 1.76. The summed E-state index contributed by atoms with van der Waals surface area (Å²) in [5, 5.41) is 6.61. The lowest BCUT2D eigenvalue weighted by Crippen LogP contribution is -2.37. The lowest BCUT2D eigenvalue weighted by Gasteiger charge is -2.12. The Kier molecular flexibility index (Phi) is 6.95. The second-order valence-electron chi connectivity index (χ2n) is 6.41. The van der Waals surface area contributed by atoms with E-state index in [0.29, 0.717) is 13.1 Å². The molecule has 0 amide bonds. The van der Waals surface area contributed by atoms with E-state index >= 15 is 0 Å². The molecule has 6 nitrogen and oxygen atoms in total. The predicted molar refractivity (Wildman–Crippen MR) is 112 cm³/mol. The maximum absolute atomic E-state index is 11.8. The van der Waals surface area contributed by atoms with Crippen molar-refractivity contribution in [1.82, 2.24) is 20.2 Å². The minimum atomic E-state index is 0.00817. The Morgan fingerprint density at radius 1 is 1.00 bits per heavy atom. The summed E-state index contributed by atoms with van der Waals surface area (Å²) in [4.78, 5) is 20.4. The van der Waals surface area contributed by atoms with Crippen LogP contribution in [0.2, 0.25) is 0 Å². The monoisotopic (exact) mass is 375 g/mol. The lowest BCUT2D eigenvalue weighted by atomic mass is 10.1. The van der Waals surface area contributed by atoms with Crippen molar-refractivity contribution in [3.63, 3.8) is 0 Å². The maximum Gasteiger partial charge on any atom is 0.250 e. The van der Waals surface area contributed by atoms with Gasteiger partial charge in [-0.1, -0.05) is 36.4 Å². The van der Waals surface area contributed by atoms with Crippen LogP contribution in [0.4, 0.5) is 0 Å². The molecule has 0 aliphatic heterocycles. The van der Waals surface area contributed by atoms with Crippen molar-refractivity contribution in [1.29, 1.82) is 0 Å². The van der Waals surface area contributed by atoms with E-state index in [9.17, 15) is 4.79 Å². The van der Waals surface area contributed by atoms with Gasteiger partial charge in [-0.25, -0.2) is 0 Å². The topological polar surface area (TPSA) is 71.3 Å². The normalized spacial score (nSPS) is 11.2. The van der Waals surface area contributed by atoms with Gasteiger partial charge in [0, 0.05) is 50.7 Å². The van der Waals surface area contributed by atoms with Crippen molar-refractivity contribution in [2.45, 2.75) is 19.5 Å². The van der Waals surface area contributed by atoms with Gasteiger partial charge in [-0.3, -0.25) is 14.8 Å². The highest BCUT2D eigenvalue weighted by Crippen LogP contribution is 2.05. The number of pyridine rings is 2. The molecular formula is C22H25N5O. The fourth-order valence-electron chi connectivity index (χ4n) is 2.81. The number of rotatable bonds is 7. The first-order valence-corrected chi connectivity index (χ1v) is 9.32. The smallest absolute Gasteiger partial charge is 0.250 e. The molecular weight excluding hydrogens is 350 g/mol. The summed E-state index contributed by atoms with van der Waals surface area (Å²) >= 11 is 0. The van der Waals surface area contributed by atoms with Crippen LogP contribution in [0.25, 0.3) is 0 Å². The molecule has 3 aromatic rings. The van der Waals surface area contributed by atoms with Crippen LogP contribution in [-0.4, -0.2) is 29.1 Å². The van der Waals surface area contributed by atoms with Crippen molar-refractivity contribution in [3.8, 4) is 0 Å². The van der Waals surface area contributed by atoms with Crippen LogP contribution in [0.1, 0.15) is 16.8 Å². The van der Waals surface area contributed by atoms with E-state index in [-0.39, 0.29) is 5.56 Å². The summed E-state index contributed by atoms with van der Waals surface area (Å²) < 4.78 is 1.70. The molecule has 0 aliphatic rings. The van der Waals surface area contributed by atoms with E-state index in [1.54, 1.807) is 36.1 Å². The Bertz CT molecular complexity index is 948. The molecule has 2 aromatic heterocycles. The van der Waals surface area contributed by atoms with Crippen LogP contribution in [0, 0.1) is 0 Å². The lowest BCUT2D eigenvalue weighted by molar-refractivity contribution is 0.757. The van der Waals surface area contributed by atoms with E-state index in [1.807, 2.05) is 36.4 Å². The summed E-state index contributed by atoms with van der Waals surface area (Å²) in [6, 6.07) is 19.4. The zero-order valence-electron chi connectivity index (χ0n) is 16.0. The van der Waals surface area contributed by atoms with Gasteiger partial charge in [-0.05, 0) is 29.3 Å². The quantitative estimate of drug-likeness (QED) is 0.491. The van der Waals surface area contributed by atoms with Gasteiger partial charge in [0.1, 0.15) is 0 Å². The van der Waals surface area contributed by atoms with Gasteiger partial charge in [0.2, 0.25) is 0 Å². The molecule has 0 saturated carbocycles. The molecule has 0 bridgehead atoms. The third-order valence-corrected chi connectivity index (χ3v) is 4.36. The van der Waals surface area contributed by atoms with E-state index in [2.05, 4.69) is 32.7 Å². The van der Waals surface area contributed by atoms with Crippen molar-refractivity contribution < 1.29 is 0 Å². The summed E-state index contributed by atoms with van der Waals surface area (Å²) in [5.74, 6) is 0.760. The van der Waals surface area contributed by atoms with Crippen molar-refractivity contribution in [3.05, 3.63) is 100 Å². The molecule has 144 valence electrons. The highest BCUT2D eigenvalue weighted by Gasteiger charge is 2.01. The van der Waals surface area contributed by atoms with Crippen LogP contribution in [0.3, 0.4) is 0 Å². The molecule has 0 saturated heterocycles. The van der Waals surface area contributed by atoms with E-state index in [4.69, 9.17) is 0 Å². The number of hydrogen-bond donors (Lipinski definition) is 2. The largest absolute Gasteiger partial charge is 0.356 e. The third-order valence-electron chi connectivity index (χ3n) is 4.36. The molecule has 0 radical (unpaired) electrons. The second-order valence-corrected chi connectivity index (χ2v) is 6.41. The van der Waals surface area contributed by atoms with Crippen LogP contribution in [0.15, 0.2) is 82.8 Å². The van der Waals surface area contributed by atoms with Crippen LogP contribution >= 0.6 is 0 Å². The van der Waals surface area contributed by atoms with Crippen molar-refractivity contribution in [2.24, 2.45) is 4.99 Å². The molecule has 0 unspecified atom stereocenters. The van der Waals surface area contributed by atoms with Crippen LogP contribution in [0.5, 0.6) is 0 Å². The number of hydrogen-bond acceptors (Lipinski definition) is 3. The van der Waals surface area contributed by atoms with Crippen LogP contribution in [-0.2, 0) is 19.5 Å². The molecule has 2 N–H and O–H groups in total. The molecule has 0 fully saturated rings. The van der Waals surface area contributed by atoms with Gasteiger partial charge in [-0.15, -0.1) is 0 Å². The summed E-state index contributed by atoms with van der Waals surface area (Å²) in [6.45, 7) is 2.01. The average molecular weight is 375 g/mol. The number of aromatic nitrogens is 2. The minimum Gasteiger partial charge on any atom is -0.356 e. The molecule has 3 rings (SSSR count). The first-order chi connectivity index (χ1) is 13.7. The van der Waals surface area contributed by atoms with Crippen LogP contribution < -0.4 is 16.2 Å². The summed E-state index contributed by atoms with van der Waals surface area (Å²) in [5.41, 5.74) is 3.30. The third kappa shape index (κ3) is 5.81. The molecule has 0 aliphatic carbocycles. The number of benzene rings is 1. The van der Waals surface area contributed by atoms with E-state index < -0.39 is 0 Å². The highest BCUT2D eigenvalue weighted by molar-refractivity contribution is 5.79. The SMILES string of the molecule is CN=C(NCCc1ccccn1)NCc1ccc(Cn2ccccc2=O)cc1. The Labute approximate surface area is 165 Å². The van der Waals surface area contributed by atoms with Gasteiger partial charge < -0.3 is 15.2 Å². The van der Waals surface area contributed by atoms with Crippen molar-refractivity contribution >= 4 is 5.96 Å². The second kappa shape index (κ2) is 10.1. The van der Waals surface area contributed by atoms with Gasteiger partial charge in [0.25, 0.3) is 5.56 Å². The molecule has 0 atom stereocenters. The standard InChI is InChI=1S/C22H25N5O/c1-23-22(25-14-12-20-6-2-4-13-24-20)26-16-18-8-10-19(11-9-18)17-27-15-5-3-7-21(27)28/h2-11,13,15H,12,14,16-17H2,1H3,(H2,23,25,26). The van der Waals surface area contributed by atoms with Gasteiger partial charge in [0.15, 0.2) is 5.96 Å².